The van der Waals surface area contributed by atoms with Crippen LogP contribution in [0.5, 0.6) is 0 Å². The third kappa shape index (κ3) is 3.13. The molecule has 0 aliphatic heterocycles. The third-order valence-electron chi connectivity index (χ3n) is 3.25. The van der Waals surface area contributed by atoms with Gasteiger partial charge in [-0.3, -0.25) is 4.79 Å². The van der Waals surface area contributed by atoms with Gasteiger partial charge in [0.1, 0.15) is 17.5 Å². The second-order valence-electron chi connectivity index (χ2n) is 5.07. The predicted molar refractivity (Wildman–Crippen MR) is 75.5 cm³/mol. The number of amides is 1. The highest BCUT2D eigenvalue weighted by atomic mass is 16.2. The first-order valence-corrected chi connectivity index (χ1v) is 6.53. The van der Waals surface area contributed by atoms with Crippen molar-refractivity contribution in [2.24, 2.45) is 0 Å². The summed E-state index contributed by atoms with van der Waals surface area (Å²) in [5, 5.41) is 6.19. The summed E-state index contributed by atoms with van der Waals surface area (Å²) in [5.74, 6) is 2.96. The Morgan fingerprint density at radius 1 is 1.32 bits per heavy atom. The monoisotopic (exact) mass is 263 g/mol. The molecule has 1 amide bonds. The van der Waals surface area contributed by atoms with Crippen molar-refractivity contribution in [3.8, 4) is 0 Å². The first kappa shape index (κ1) is 13.6. The van der Waals surface area contributed by atoms with E-state index in [0.29, 0.717) is 5.92 Å². The molecule has 1 heterocycles. The molecule has 1 aliphatic rings. The zero-order valence-corrected chi connectivity index (χ0v) is 11.9. The van der Waals surface area contributed by atoms with Crippen LogP contribution in [-0.2, 0) is 4.79 Å². The fraction of sp³-hybridized carbons (Fsp3) is 0.615. The average molecular weight is 263 g/mol. The molecule has 1 saturated carbocycles. The van der Waals surface area contributed by atoms with Crippen molar-refractivity contribution >= 4 is 17.5 Å². The van der Waals surface area contributed by atoms with Gasteiger partial charge in [0.15, 0.2) is 0 Å². The lowest BCUT2D eigenvalue weighted by molar-refractivity contribution is -0.126. The number of rotatable bonds is 5. The topological polar surface area (TPSA) is 70.1 Å². The van der Waals surface area contributed by atoms with Gasteiger partial charge < -0.3 is 15.5 Å². The number of hydrogen-bond donors (Lipinski definition) is 2. The van der Waals surface area contributed by atoms with Gasteiger partial charge in [-0.1, -0.05) is 0 Å². The molecule has 0 aromatic carbocycles. The lowest BCUT2D eigenvalue weighted by atomic mass is 10.2. The molecule has 6 nitrogen and oxygen atoms in total. The van der Waals surface area contributed by atoms with Crippen molar-refractivity contribution in [2.75, 3.05) is 38.3 Å². The van der Waals surface area contributed by atoms with Crippen LogP contribution in [0.15, 0.2) is 0 Å². The van der Waals surface area contributed by atoms with Gasteiger partial charge in [0.05, 0.1) is 6.54 Å². The Hall–Kier alpha value is -1.85. The first-order valence-electron chi connectivity index (χ1n) is 6.53. The smallest absolute Gasteiger partial charge is 0.241 e. The van der Waals surface area contributed by atoms with E-state index < -0.39 is 0 Å². The lowest BCUT2D eigenvalue weighted by Gasteiger charge is -2.15. The Kier molecular flexibility index (Phi) is 3.87. The van der Waals surface area contributed by atoms with Gasteiger partial charge >= 0.3 is 0 Å². The van der Waals surface area contributed by atoms with Crippen molar-refractivity contribution in [1.82, 2.24) is 14.9 Å². The maximum atomic E-state index is 11.6. The van der Waals surface area contributed by atoms with Crippen LogP contribution in [0.3, 0.4) is 0 Å². The molecule has 0 bridgehead atoms. The summed E-state index contributed by atoms with van der Waals surface area (Å²) in [6.07, 6.45) is 2.31. The highest BCUT2D eigenvalue weighted by Crippen LogP contribution is 2.39. The molecule has 0 saturated heterocycles. The van der Waals surface area contributed by atoms with Crippen molar-refractivity contribution in [2.45, 2.75) is 25.7 Å². The molecule has 1 aromatic heterocycles. The average Bonchev–Trinajstić information content (AvgIpc) is 3.21. The van der Waals surface area contributed by atoms with E-state index in [1.54, 1.807) is 19.0 Å². The minimum absolute atomic E-state index is 0.0250. The van der Waals surface area contributed by atoms with Crippen molar-refractivity contribution in [3.05, 3.63) is 11.4 Å². The van der Waals surface area contributed by atoms with Crippen LogP contribution in [0.25, 0.3) is 0 Å². The summed E-state index contributed by atoms with van der Waals surface area (Å²) in [7, 11) is 5.33. The van der Waals surface area contributed by atoms with Gasteiger partial charge in [-0.2, -0.15) is 0 Å². The molecule has 1 fully saturated rings. The molecule has 1 aliphatic carbocycles. The van der Waals surface area contributed by atoms with Gasteiger partial charge in [0, 0.05) is 32.6 Å². The van der Waals surface area contributed by atoms with Crippen molar-refractivity contribution in [3.63, 3.8) is 0 Å². The minimum atomic E-state index is 0.0250. The summed E-state index contributed by atoms with van der Waals surface area (Å²) in [6.45, 7) is 2.20. The number of aromatic nitrogens is 2. The molecule has 0 radical (unpaired) electrons. The normalized spacial score (nSPS) is 14.1. The van der Waals surface area contributed by atoms with Crippen LogP contribution in [0.1, 0.15) is 30.1 Å². The molecule has 0 unspecified atom stereocenters. The van der Waals surface area contributed by atoms with Gasteiger partial charge in [-0.25, -0.2) is 9.97 Å². The van der Waals surface area contributed by atoms with Gasteiger partial charge in [0.2, 0.25) is 5.91 Å². The van der Waals surface area contributed by atoms with Crippen LogP contribution in [0.2, 0.25) is 0 Å². The van der Waals surface area contributed by atoms with Gasteiger partial charge in [-0.05, 0) is 19.8 Å². The van der Waals surface area contributed by atoms with E-state index in [4.69, 9.17) is 0 Å². The van der Waals surface area contributed by atoms with E-state index in [2.05, 4.69) is 20.6 Å². The molecule has 0 atom stereocenters. The lowest BCUT2D eigenvalue weighted by Crippen LogP contribution is -2.29. The number of likely N-dealkylation sites (N-methyl/N-ethyl adjacent to an activating group) is 1. The molecule has 0 spiro atoms. The molecule has 1 aromatic rings. The van der Waals surface area contributed by atoms with E-state index in [9.17, 15) is 4.79 Å². The quantitative estimate of drug-likeness (QED) is 0.835. The third-order valence-corrected chi connectivity index (χ3v) is 3.25. The predicted octanol–water partition coefficient (Wildman–Crippen LogP) is 1.20. The van der Waals surface area contributed by atoms with Crippen LogP contribution < -0.4 is 10.6 Å². The summed E-state index contributed by atoms with van der Waals surface area (Å²) in [4.78, 5) is 22.2. The zero-order chi connectivity index (χ0) is 14.0. The fourth-order valence-corrected chi connectivity index (χ4v) is 1.79. The Morgan fingerprint density at radius 3 is 2.47 bits per heavy atom. The highest BCUT2D eigenvalue weighted by molar-refractivity contribution is 5.80. The van der Waals surface area contributed by atoms with E-state index in [-0.39, 0.29) is 12.5 Å². The summed E-state index contributed by atoms with van der Waals surface area (Å²) in [6, 6.07) is 0. The number of carbonyl (C=O) groups is 1. The van der Waals surface area contributed by atoms with Crippen LogP contribution in [-0.4, -0.2) is 48.5 Å². The number of nitrogens with zero attached hydrogens (tertiary/aromatic N) is 3. The highest BCUT2D eigenvalue weighted by Gasteiger charge is 2.28. The standard InChI is InChI=1S/C13H21N5O/c1-8-11(14-2)16-13(9-5-6-9)17-12(8)15-7-10(19)18(3)4/h9H,5-7H2,1-4H3,(H2,14,15,16,17). The fourth-order valence-electron chi connectivity index (χ4n) is 1.79. The maximum Gasteiger partial charge on any atom is 0.241 e. The summed E-state index contributed by atoms with van der Waals surface area (Å²) in [5.41, 5.74) is 0.943. The molecule has 19 heavy (non-hydrogen) atoms. The number of anilines is 2. The molecular weight excluding hydrogens is 242 g/mol. The second kappa shape index (κ2) is 5.42. The summed E-state index contributed by atoms with van der Waals surface area (Å²) < 4.78 is 0. The largest absolute Gasteiger partial charge is 0.373 e. The van der Waals surface area contributed by atoms with Gasteiger partial charge in [-0.15, -0.1) is 0 Å². The number of carbonyl (C=O) groups excluding carboxylic acids is 1. The zero-order valence-electron chi connectivity index (χ0n) is 11.9. The Bertz CT molecular complexity index is 482. The van der Waals surface area contributed by atoms with Crippen LogP contribution in [0.4, 0.5) is 11.6 Å². The van der Waals surface area contributed by atoms with Gasteiger partial charge in [0.25, 0.3) is 0 Å². The number of nitrogens with one attached hydrogen (secondary N) is 2. The van der Waals surface area contributed by atoms with Crippen LogP contribution >= 0.6 is 0 Å². The molecule has 104 valence electrons. The molecular formula is C13H21N5O. The van der Waals surface area contributed by atoms with E-state index in [1.807, 2.05) is 14.0 Å². The van der Waals surface area contributed by atoms with Crippen molar-refractivity contribution in [1.29, 1.82) is 0 Å². The van der Waals surface area contributed by atoms with E-state index >= 15 is 0 Å². The Labute approximate surface area is 113 Å². The van der Waals surface area contributed by atoms with Crippen molar-refractivity contribution < 1.29 is 4.79 Å². The molecule has 6 heteroatoms. The minimum Gasteiger partial charge on any atom is -0.373 e. The van der Waals surface area contributed by atoms with E-state index in [1.165, 1.54) is 0 Å². The Balaban J connectivity index is 2.18. The number of hydrogen-bond acceptors (Lipinski definition) is 5. The second-order valence-corrected chi connectivity index (χ2v) is 5.07. The van der Waals surface area contributed by atoms with E-state index in [0.717, 1.165) is 35.9 Å². The Morgan fingerprint density at radius 2 is 1.95 bits per heavy atom. The molecule has 2 rings (SSSR count). The molecule has 2 N–H and O–H groups in total. The first-order chi connectivity index (χ1) is 9.02. The maximum absolute atomic E-state index is 11.6. The SMILES string of the molecule is CNc1nc(C2CC2)nc(NCC(=O)N(C)C)c1C. The van der Waals surface area contributed by atoms with Crippen LogP contribution in [0, 0.1) is 6.92 Å². The summed E-state index contributed by atoms with van der Waals surface area (Å²) >= 11 is 0.